The number of likely N-dealkylation sites (tertiary alicyclic amines) is 1. The van der Waals surface area contributed by atoms with Crippen LogP contribution in [0.4, 0.5) is 5.82 Å². The second-order valence-corrected chi connectivity index (χ2v) is 6.75. The summed E-state index contributed by atoms with van der Waals surface area (Å²) in [5.74, 6) is 2.03. The van der Waals surface area contributed by atoms with E-state index in [4.69, 9.17) is 0 Å². The van der Waals surface area contributed by atoms with Crippen molar-refractivity contribution in [1.82, 2.24) is 14.9 Å². The van der Waals surface area contributed by atoms with E-state index in [0.717, 1.165) is 24.7 Å². The van der Waals surface area contributed by atoms with E-state index in [0.29, 0.717) is 5.41 Å². The van der Waals surface area contributed by atoms with Crippen molar-refractivity contribution in [3.63, 3.8) is 0 Å². The first-order valence-corrected chi connectivity index (χ1v) is 7.82. The van der Waals surface area contributed by atoms with Crippen LogP contribution in [0.15, 0.2) is 6.20 Å². The van der Waals surface area contributed by atoms with Gasteiger partial charge in [0.05, 0.1) is 0 Å². The molecule has 1 aromatic heterocycles. The molecule has 0 unspecified atom stereocenters. The molecule has 4 nitrogen and oxygen atoms in total. The van der Waals surface area contributed by atoms with Gasteiger partial charge in [-0.1, -0.05) is 0 Å². The Morgan fingerprint density at radius 1 is 1.10 bits per heavy atom. The summed E-state index contributed by atoms with van der Waals surface area (Å²) in [4.78, 5) is 13.9. The van der Waals surface area contributed by atoms with Crippen LogP contribution in [0.3, 0.4) is 0 Å². The largest absolute Gasteiger partial charge is 0.356 e. The van der Waals surface area contributed by atoms with Gasteiger partial charge in [-0.2, -0.15) is 0 Å². The minimum absolute atomic E-state index is 0.569. The summed E-state index contributed by atoms with van der Waals surface area (Å²) in [5.41, 5.74) is 1.77. The number of hydrogen-bond donors (Lipinski definition) is 0. The molecule has 4 heteroatoms. The van der Waals surface area contributed by atoms with Crippen molar-refractivity contribution in [3.8, 4) is 0 Å². The molecule has 2 aliphatic heterocycles. The van der Waals surface area contributed by atoms with Gasteiger partial charge in [0.1, 0.15) is 11.6 Å². The highest BCUT2D eigenvalue weighted by molar-refractivity contribution is 5.45. The van der Waals surface area contributed by atoms with E-state index in [2.05, 4.69) is 33.7 Å². The lowest BCUT2D eigenvalue weighted by Crippen LogP contribution is -2.48. The van der Waals surface area contributed by atoms with E-state index in [1.54, 1.807) is 0 Å². The van der Waals surface area contributed by atoms with Gasteiger partial charge in [0.2, 0.25) is 0 Å². The Morgan fingerprint density at radius 2 is 1.85 bits per heavy atom. The first-order valence-electron chi connectivity index (χ1n) is 7.82. The quantitative estimate of drug-likeness (QED) is 0.787. The monoisotopic (exact) mass is 274 g/mol. The van der Waals surface area contributed by atoms with Gasteiger partial charge in [0.15, 0.2) is 0 Å². The van der Waals surface area contributed by atoms with Crippen LogP contribution < -0.4 is 4.90 Å². The molecule has 1 aromatic rings. The predicted octanol–water partition coefficient (Wildman–Crippen LogP) is 2.41. The van der Waals surface area contributed by atoms with Crippen molar-refractivity contribution in [3.05, 3.63) is 17.6 Å². The van der Waals surface area contributed by atoms with Crippen LogP contribution in [0.1, 0.15) is 37.1 Å². The van der Waals surface area contributed by atoms with Crippen molar-refractivity contribution in [2.75, 3.05) is 38.1 Å². The molecule has 3 heterocycles. The Bertz CT molecular complexity index is 477. The number of rotatable bonds is 1. The molecule has 0 aliphatic carbocycles. The smallest absolute Gasteiger partial charge is 0.135 e. The Labute approximate surface area is 122 Å². The van der Waals surface area contributed by atoms with Gasteiger partial charge in [0, 0.05) is 31.4 Å². The molecule has 1 spiro atoms. The maximum atomic E-state index is 4.65. The van der Waals surface area contributed by atoms with Crippen LogP contribution in [0.5, 0.6) is 0 Å². The zero-order valence-electron chi connectivity index (χ0n) is 13.0. The molecule has 0 radical (unpaired) electrons. The molecule has 0 bridgehead atoms. The molecule has 2 aliphatic rings. The highest BCUT2D eigenvalue weighted by Crippen LogP contribution is 2.40. The van der Waals surface area contributed by atoms with E-state index in [1.807, 2.05) is 13.1 Å². The van der Waals surface area contributed by atoms with Crippen LogP contribution in [-0.2, 0) is 0 Å². The van der Waals surface area contributed by atoms with Gasteiger partial charge in [-0.25, -0.2) is 9.97 Å². The summed E-state index contributed by atoms with van der Waals surface area (Å²) in [5, 5.41) is 0. The molecule has 0 saturated carbocycles. The van der Waals surface area contributed by atoms with E-state index < -0.39 is 0 Å². The van der Waals surface area contributed by atoms with Gasteiger partial charge in [-0.05, 0) is 58.5 Å². The van der Waals surface area contributed by atoms with Gasteiger partial charge in [-0.3, -0.25) is 0 Å². The molecule has 0 N–H and O–H groups in total. The first kappa shape index (κ1) is 13.8. The highest BCUT2D eigenvalue weighted by Gasteiger charge is 2.37. The fraction of sp³-hybridized carbons (Fsp3) is 0.750. The van der Waals surface area contributed by atoms with Crippen LogP contribution >= 0.6 is 0 Å². The van der Waals surface area contributed by atoms with E-state index in [9.17, 15) is 0 Å². The number of anilines is 1. The average molecular weight is 274 g/mol. The van der Waals surface area contributed by atoms with Gasteiger partial charge >= 0.3 is 0 Å². The summed E-state index contributed by atoms with van der Waals surface area (Å²) >= 11 is 0. The topological polar surface area (TPSA) is 32.3 Å². The third kappa shape index (κ3) is 2.66. The van der Waals surface area contributed by atoms with Gasteiger partial charge in [0.25, 0.3) is 0 Å². The number of aryl methyl sites for hydroxylation is 2. The molecule has 0 aromatic carbocycles. The SMILES string of the molecule is Cc1ncc(C)c(N2CCC3(CCCN(C)C3)CC2)n1. The van der Waals surface area contributed by atoms with Crippen molar-refractivity contribution in [1.29, 1.82) is 0 Å². The minimum Gasteiger partial charge on any atom is -0.356 e. The lowest BCUT2D eigenvalue weighted by molar-refractivity contribution is 0.0820. The van der Waals surface area contributed by atoms with Crippen molar-refractivity contribution >= 4 is 5.82 Å². The third-order valence-corrected chi connectivity index (χ3v) is 5.04. The van der Waals surface area contributed by atoms with E-state index >= 15 is 0 Å². The van der Waals surface area contributed by atoms with Crippen LogP contribution in [0.2, 0.25) is 0 Å². The summed E-state index contributed by atoms with van der Waals surface area (Å²) in [7, 11) is 2.27. The van der Waals surface area contributed by atoms with Crippen molar-refractivity contribution in [2.45, 2.75) is 39.5 Å². The summed E-state index contributed by atoms with van der Waals surface area (Å²) in [6.45, 7) is 8.94. The Balaban J connectivity index is 1.70. The molecule has 3 rings (SSSR count). The molecule has 20 heavy (non-hydrogen) atoms. The van der Waals surface area contributed by atoms with E-state index in [1.165, 1.54) is 44.3 Å². The van der Waals surface area contributed by atoms with Crippen molar-refractivity contribution in [2.24, 2.45) is 5.41 Å². The maximum absolute atomic E-state index is 4.65. The number of piperidine rings is 2. The first-order chi connectivity index (χ1) is 9.58. The maximum Gasteiger partial charge on any atom is 0.135 e. The summed E-state index contributed by atoms with van der Waals surface area (Å²) in [6, 6.07) is 0. The summed E-state index contributed by atoms with van der Waals surface area (Å²) in [6.07, 6.45) is 7.34. The zero-order chi connectivity index (χ0) is 14.2. The van der Waals surface area contributed by atoms with Crippen LogP contribution in [-0.4, -0.2) is 48.1 Å². The Morgan fingerprint density at radius 3 is 2.55 bits per heavy atom. The second kappa shape index (κ2) is 5.32. The normalized spacial score (nSPS) is 23.2. The molecule has 0 atom stereocenters. The fourth-order valence-electron chi connectivity index (χ4n) is 3.89. The fourth-order valence-corrected chi connectivity index (χ4v) is 3.89. The molecule has 0 amide bonds. The van der Waals surface area contributed by atoms with Crippen LogP contribution in [0, 0.1) is 19.3 Å². The standard InChI is InChI=1S/C16H26N4/c1-13-11-17-14(2)18-15(13)20-9-6-16(7-10-20)5-4-8-19(3)12-16/h11H,4-10,12H2,1-3H3. The molecule has 2 saturated heterocycles. The molecule has 2 fully saturated rings. The van der Waals surface area contributed by atoms with E-state index in [-0.39, 0.29) is 0 Å². The Hall–Kier alpha value is -1.16. The molecule has 110 valence electrons. The number of hydrogen-bond acceptors (Lipinski definition) is 4. The van der Waals surface area contributed by atoms with Gasteiger partial charge < -0.3 is 9.80 Å². The minimum atomic E-state index is 0.569. The Kier molecular flexibility index (Phi) is 3.67. The summed E-state index contributed by atoms with van der Waals surface area (Å²) < 4.78 is 0. The molecular weight excluding hydrogens is 248 g/mol. The zero-order valence-corrected chi connectivity index (χ0v) is 13.0. The van der Waals surface area contributed by atoms with Gasteiger partial charge in [-0.15, -0.1) is 0 Å². The lowest BCUT2D eigenvalue weighted by Gasteiger charge is -2.47. The highest BCUT2D eigenvalue weighted by atomic mass is 15.2. The van der Waals surface area contributed by atoms with Crippen LogP contribution in [0.25, 0.3) is 0 Å². The molecular formula is C16H26N4. The lowest BCUT2D eigenvalue weighted by atomic mass is 9.72. The third-order valence-electron chi connectivity index (χ3n) is 5.04. The van der Waals surface area contributed by atoms with Crippen molar-refractivity contribution < 1.29 is 0 Å². The predicted molar refractivity (Wildman–Crippen MR) is 82.1 cm³/mol. The number of nitrogens with zero attached hydrogens (tertiary/aromatic N) is 4. The average Bonchev–Trinajstić information content (AvgIpc) is 2.43. The second-order valence-electron chi connectivity index (χ2n) is 6.75. The number of aromatic nitrogens is 2.